The molecule has 0 aromatic carbocycles. The fourth-order valence-electron chi connectivity index (χ4n) is 2.60. The maximum absolute atomic E-state index is 12.1. The molecule has 2 N–H and O–H groups in total. The van der Waals surface area contributed by atoms with E-state index in [9.17, 15) is 19.8 Å². The average molecular weight is 287 g/mol. The summed E-state index contributed by atoms with van der Waals surface area (Å²) in [6, 6.07) is -1.03. The minimum absolute atomic E-state index is 0.00292. The number of hydrogen-bond donors (Lipinski definition) is 2. The number of β-amino-alcohol motifs (C(OH)–C–C–N with tert-alkyl or cyclic N) is 1. The Morgan fingerprint density at radius 1 is 1.40 bits per heavy atom. The molecule has 0 aromatic heterocycles. The Morgan fingerprint density at radius 3 is 2.35 bits per heavy atom. The molecule has 0 radical (unpaired) electrons. The Balaban J connectivity index is 2.88. The zero-order chi connectivity index (χ0) is 15.7. The number of rotatable bonds is 3. The summed E-state index contributed by atoms with van der Waals surface area (Å²) in [5.41, 5.74) is -1.85. The summed E-state index contributed by atoms with van der Waals surface area (Å²) >= 11 is 0. The quantitative estimate of drug-likeness (QED) is 0.827. The zero-order valence-corrected chi connectivity index (χ0v) is 12.8. The van der Waals surface area contributed by atoms with Gasteiger partial charge in [-0.25, -0.2) is 9.59 Å². The second-order valence-electron chi connectivity index (χ2n) is 6.99. The Labute approximate surface area is 119 Å². The Bertz CT molecular complexity index is 388. The molecular formula is C14H25NO5. The molecule has 0 saturated carbocycles. The van der Waals surface area contributed by atoms with Gasteiger partial charge in [-0.3, -0.25) is 4.90 Å². The summed E-state index contributed by atoms with van der Waals surface area (Å²) in [6.07, 6.45) is -0.194. The van der Waals surface area contributed by atoms with Gasteiger partial charge in [0.15, 0.2) is 0 Å². The van der Waals surface area contributed by atoms with Crippen molar-refractivity contribution in [3.8, 4) is 0 Å². The molecule has 2 unspecified atom stereocenters. The summed E-state index contributed by atoms with van der Waals surface area (Å²) in [4.78, 5) is 24.5. The van der Waals surface area contributed by atoms with Crippen molar-refractivity contribution < 1.29 is 24.5 Å². The van der Waals surface area contributed by atoms with E-state index in [1.165, 1.54) is 0 Å². The van der Waals surface area contributed by atoms with Gasteiger partial charge in [-0.1, -0.05) is 13.8 Å². The van der Waals surface area contributed by atoms with Gasteiger partial charge in [0.2, 0.25) is 0 Å². The number of hydrogen-bond acceptors (Lipinski definition) is 4. The maximum atomic E-state index is 12.1. The van der Waals surface area contributed by atoms with Crippen molar-refractivity contribution in [2.24, 2.45) is 5.92 Å². The number of carbonyl (C=O) groups is 2. The van der Waals surface area contributed by atoms with Crippen molar-refractivity contribution in [2.75, 3.05) is 6.54 Å². The first kappa shape index (κ1) is 16.8. The van der Waals surface area contributed by atoms with E-state index in [1.54, 1.807) is 20.8 Å². The maximum Gasteiger partial charge on any atom is 0.411 e. The van der Waals surface area contributed by atoms with E-state index in [2.05, 4.69) is 0 Å². The van der Waals surface area contributed by atoms with E-state index < -0.39 is 29.3 Å². The van der Waals surface area contributed by atoms with Crippen LogP contribution >= 0.6 is 0 Å². The van der Waals surface area contributed by atoms with Crippen LogP contribution in [-0.2, 0) is 9.53 Å². The number of aliphatic hydroxyl groups is 1. The number of amides is 1. The predicted molar refractivity (Wildman–Crippen MR) is 73.4 cm³/mol. The van der Waals surface area contributed by atoms with Crippen LogP contribution in [0, 0.1) is 5.92 Å². The third-order valence-electron chi connectivity index (χ3n) is 3.12. The number of ether oxygens (including phenoxy) is 1. The van der Waals surface area contributed by atoms with Gasteiger partial charge >= 0.3 is 12.1 Å². The first-order chi connectivity index (χ1) is 8.93. The summed E-state index contributed by atoms with van der Waals surface area (Å²) in [6.45, 7) is 9.05. The number of carboxylic acid groups (broad SMARTS) is 1. The molecule has 1 aliphatic rings. The smallest absolute Gasteiger partial charge is 0.411 e. The van der Waals surface area contributed by atoms with E-state index >= 15 is 0 Å². The molecule has 116 valence electrons. The van der Waals surface area contributed by atoms with Crippen LogP contribution in [0.15, 0.2) is 0 Å². The minimum Gasteiger partial charge on any atom is -0.480 e. The molecule has 6 heteroatoms. The van der Waals surface area contributed by atoms with Gasteiger partial charge in [0.25, 0.3) is 0 Å². The third kappa shape index (κ3) is 4.37. The molecule has 1 saturated heterocycles. The lowest BCUT2D eigenvalue weighted by Crippen LogP contribution is -2.44. The standard InChI is InChI=1S/C14H25NO5/c1-9(2)6-14(19)7-10(11(16)17)15(8-14)12(18)20-13(3,4)5/h9-10,19H,6-8H2,1-5H3,(H,16,17). The summed E-state index contributed by atoms with van der Waals surface area (Å²) in [5, 5.41) is 19.7. The van der Waals surface area contributed by atoms with E-state index in [1.807, 2.05) is 13.8 Å². The fourth-order valence-corrected chi connectivity index (χ4v) is 2.60. The van der Waals surface area contributed by atoms with Crippen LogP contribution in [0.2, 0.25) is 0 Å². The first-order valence-corrected chi connectivity index (χ1v) is 6.88. The van der Waals surface area contributed by atoms with Crippen LogP contribution in [-0.4, -0.2) is 51.0 Å². The highest BCUT2D eigenvalue weighted by Gasteiger charge is 2.49. The van der Waals surface area contributed by atoms with Crippen LogP contribution < -0.4 is 0 Å². The van der Waals surface area contributed by atoms with Crippen molar-refractivity contribution in [1.82, 2.24) is 4.90 Å². The largest absolute Gasteiger partial charge is 0.480 e. The zero-order valence-electron chi connectivity index (χ0n) is 12.8. The number of aliphatic carboxylic acids is 1. The second kappa shape index (κ2) is 5.60. The molecule has 0 spiro atoms. The Kier molecular flexibility index (Phi) is 4.69. The lowest BCUT2D eigenvalue weighted by atomic mass is 9.90. The highest BCUT2D eigenvalue weighted by atomic mass is 16.6. The van der Waals surface area contributed by atoms with Crippen molar-refractivity contribution in [2.45, 2.75) is 64.7 Å². The van der Waals surface area contributed by atoms with Crippen molar-refractivity contribution >= 4 is 12.1 Å². The lowest BCUT2D eigenvalue weighted by Gasteiger charge is -2.28. The second-order valence-corrected chi connectivity index (χ2v) is 6.99. The van der Waals surface area contributed by atoms with E-state index in [4.69, 9.17) is 4.74 Å². The molecular weight excluding hydrogens is 262 g/mol. The highest BCUT2D eigenvalue weighted by molar-refractivity contribution is 5.81. The molecule has 0 aromatic rings. The highest BCUT2D eigenvalue weighted by Crippen LogP contribution is 2.33. The van der Waals surface area contributed by atoms with Gasteiger partial charge in [-0.2, -0.15) is 0 Å². The molecule has 1 amide bonds. The van der Waals surface area contributed by atoms with E-state index in [-0.39, 0.29) is 18.9 Å². The molecule has 1 heterocycles. The SMILES string of the molecule is CC(C)CC1(O)CC(C(=O)O)N(C(=O)OC(C)(C)C)C1. The van der Waals surface area contributed by atoms with Crippen molar-refractivity contribution in [3.05, 3.63) is 0 Å². The van der Waals surface area contributed by atoms with Crippen LogP contribution in [0.4, 0.5) is 4.79 Å². The monoisotopic (exact) mass is 287 g/mol. The fraction of sp³-hybridized carbons (Fsp3) is 0.857. The number of carbonyl (C=O) groups excluding carboxylic acids is 1. The first-order valence-electron chi connectivity index (χ1n) is 6.88. The number of likely N-dealkylation sites (tertiary alicyclic amines) is 1. The topological polar surface area (TPSA) is 87.1 Å². The van der Waals surface area contributed by atoms with Crippen LogP contribution in [0.5, 0.6) is 0 Å². The molecule has 0 aliphatic carbocycles. The van der Waals surface area contributed by atoms with Crippen LogP contribution in [0.25, 0.3) is 0 Å². The van der Waals surface area contributed by atoms with Gasteiger partial charge in [-0.05, 0) is 33.1 Å². The van der Waals surface area contributed by atoms with E-state index in [0.717, 1.165) is 4.90 Å². The van der Waals surface area contributed by atoms with Gasteiger partial charge in [0.05, 0.1) is 12.1 Å². The predicted octanol–water partition coefficient (Wildman–Crippen LogP) is 1.86. The lowest BCUT2D eigenvalue weighted by molar-refractivity contribution is -0.142. The average Bonchev–Trinajstić information content (AvgIpc) is 2.52. The Hall–Kier alpha value is -1.30. The summed E-state index contributed by atoms with van der Waals surface area (Å²) in [5.74, 6) is -0.899. The summed E-state index contributed by atoms with van der Waals surface area (Å²) < 4.78 is 5.21. The molecule has 2 atom stereocenters. The minimum atomic E-state index is -1.16. The molecule has 1 fully saturated rings. The number of carboxylic acids is 1. The van der Waals surface area contributed by atoms with Gasteiger partial charge in [0.1, 0.15) is 11.6 Å². The molecule has 1 aliphatic heterocycles. The number of nitrogens with zero attached hydrogens (tertiary/aromatic N) is 1. The molecule has 1 rings (SSSR count). The van der Waals surface area contributed by atoms with Crippen LogP contribution in [0.3, 0.4) is 0 Å². The molecule has 0 bridgehead atoms. The van der Waals surface area contributed by atoms with Gasteiger partial charge < -0.3 is 14.9 Å². The van der Waals surface area contributed by atoms with Gasteiger partial charge in [0, 0.05) is 6.42 Å². The van der Waals surface area contributed by atoms with Crippen molar-refractivity contribution in [1.29, 1.82) is 0 Å². The molecule has 20 heavy (non-hydrogen) atoms. The van der Waals surface area contributed by atoms with Crippen LogP contribution in [0.1, 0.15) is 47.5 Å². The van der Waals surface area contributed by atoms with E-state index in [0.29, 0.717) is 6.42 Å². The third-order valence-corrected chi connectivity index (χ3v) is 3.12. The van der Waals surface area contributed by atoms with Crippen molar-refractivity contribution in [3.63, 3.8) is 0 Å². The molecule has 6 nitrogen and oxygen atoms in total. The Morgan fingerprint density at radius 2 is 1.95 bits per heavy atom. The normalized spacial score (nSPS) is 26.9. The summed E-state index contributed by atoms with van der Waals surface area (Å²) in [7, 11) is 0. The van der Waals surface area contributed by atoms with Gasteiger partial charge in [-0.15, -0.1) is 0 Å².